The summed E-state index contributed by atoms with van der Waals surface area (Å²) in [5, 5.41) is 3.49. The van der Waals surface area contributed by atoms with Crippen LogP contribution in [0.2, 0.25) is 5.02 Å². The van der Waals surface area contributed by atoms with E-state index in [0.29, 0.717) is 29.3 Å². The number of benzene rings is 2. The molecular weight excluding hydrogens is 374 g/mol. The Morgan fingerprint density at radius 1 is 1.18 bits per heavy atom. The van der Waals surface area contributed by atoms with Gasteiger partial charge in [0.15, 0.2) is 0 Å². The van der Waals surface area contributed by atoms with Crippen molar-refractivity contribution in [2.24, 2.45) is 0 Å². The zero-order valence-corrected chi connectivity index (χ0v) is 16.5. The molecule has 143 valence electrons. The van der Waals surface area contributed by atoms with E-state index in [4.69, 9.17) is 16.3 Å². The molecule has 0 saturated carbocycles. The first kappa shape index (κ1) is 19.7. The third kappa shape index (κ3) is 5.24. The second-order valence-electron chi connectivity index (χ2n) is 6.39. The van der Waals surface area contributed by atoms with E-state index >= 15 is 0 Å². The van der Waals surface area contributed by atoms with Crippen LogP contribution >= 0.6 is 11.6 Å². The van der Waals surface area contributed by atoms with Gasteiger partial charge in [-0.1, -0.05) is 17.7 Å². The first-order chi connectivity index (χ1) is 13.5. The van der Waals surface area contributed by atoms with Crippen LogP contribution in [0.3, 0.4) is 0 Å². The molecule has 0 aliphatic heterocycles. The molecule has 0 aliphatic carbocycles. The van der Waals surface area contributed by atoms with E-state index in [9.17, 15) is 4.79 Å². The average Bonchev–Trinajstić information content (AvgIpc) is 2.70. The SMILES string of the molecule is CN(C)c1cc(Cl)ccc1C(=O)Nc1ccc(OCCc2ccc[c]n2)cc1. The predicted octanol–water partition coefficient (Wildman–Crippen LogP) is 4.47. The summed E-state index contributed by atoms with van der Waals surface area (Å²) >= 11 is 6.05. The number of pyridine rings is 1. The van der Waals surface area contributed by atoms with Crippen LogP contribution in [-0.4, -0.2) is 31.6 Å². The summed E-state index contributed by atoms with van der Waals surface area (Å²) in [7, 11) is 3.75. The van der Waals surface area contributed by atoms with Crippen molar-refractivity contribution in [3.63, 3.8) is 0 Å². The van der Waals surface area contributed by atoms with Crippen molar-refractivity contribution in [2.45, 2.75) is 6.42 Å². The number of nitrogens with one attached hydrogen (secondary N) is 1. The quantitative estimate of drug-likeness (QED) is 0.642. The minimum Gasteiger partial charge on any atom is -0.493 e. The first-order valence-electron chi connectivity index (χ1n) is 8.86. The van der Waals surface area contributed by atoms with Crippen molar-refractivity contribution in [3.8, 4) is 5.75 Å². The summed E-state index contributed by atoms with van der Waals surface area (Å²) in [5.74, 6) is 0.541. The number of carbonyl (C=O) groups excluding carboxylic acids is 1. The van der Waals surface area contributed by atoms with Gasteiger partial charge in [-0.25, -0.2) is 0 Å². The highest BCUT2D eigenvalue weighted by molar-refractivity contribution is 6.31. The lowest BCUT2D eigenvalue weighted by Gasteiger charge is -2.17. The van der Waals surface area contributed by atoms with Gasteiger partial charge in [0, 0.05) is 36.9 Å². The van der Waals surface area contributed by atoms with Crippen LogP contribution in [0.15, 0.2) is 60.7 Å². The summed E-state index contributed by atoms with van der Waals surface area (Å²) in [6, 6.07) is 18.1. The maximum Gasteiger partial charge on any atom is 0.257 e. The normalized spacial score (nSPS) is 10.4. The summed E-state index contributed by atoms with van der Waals surface area (Å²) in [5.41, 5.74) is 2.95. The molecule has 1 aromatic heterocycles. The number of anilines is 2. The molecule has 0 fully saturated rings. The fraction of sp³-hybridized carbons (Fsp3) is 0.182. The largest absolute Gasteiger partial charge is 0.493 e. The van der Waals surface area contributed by atoms with Crippen LogP contribution in [0.5, 0.6) is 5.75 Å². The number of carbonyl (C=O) groups is 1. The summed E-state index contributed by atoms with van der Waals surface area (Å²) in [4.78, 5) is 18.6. The van der Waals surface area contributed by atoms with Crippen molar-refractivity contribution in [3.05, 3.63) is 83.1 Å². The van der Waals surface area contributed by atoms with Gasteiger partial charge in [-0.05, 0) is 54.6 Å². The van der Waals surface area contributed by atoms with Crippen LogP contribution in [0.4, 0.5) is 11.4 Å². The van der Waals surface area contributed by atoms with Gasteiger partial charge in [-0.3, -0.25) is 9.78 Å². The second kappa shape index (κ2) is 9.24. The fourth-order valence-corrected chi connectivity index (χ4v) is 2.84. The maximum atomic E-state index is 12.6. The molecule has 1 heterocycles. The van der Waals surface area contributed by atoms with Crippen LogP contribution in [-0.2, 0) is 6.42 Å². The smallest absolute Gasteiger partial charge is 0.257 e. The van der Waals surface area contributed by atoms with Crippen molar-refractivity contribution >= 4 is 28.9 Å². The lowest BCUT2D eigenvalue weighted by molar-refractivity contribution is 0.102. The second-order valence-corrected chi connectivity index (χ2v) is 6.83. The Balaban J connectivity index is 1.59. The molecule has 0 aliphatic rings. The van der Waals surface area contributed by atoms with E-state index in [1.807, 2.05) is 55.4 Å². The first-order valence-corrected chi connectivity index (χ1v) is 9.24. The summed E-state index contributed by atoms with van der Waals surface area (Å²) in [6.07, 6.45) is 3.51. The van der Waals surface area contributed by atoms with E-state index < -0.39 is 0 Å². The molecular formula is C22H21ClN3O2. The van der Waals surface area contributed by atoms with Crippen molar-refractivity contribution in [2.75, 3.05) is 30.9 Å². The van der Waals surface area contributed by atoms with Crippen LogP contribution in [0.1, 0.15) is 16.1 Å². The molecule has 0 spiro atoms. The number of ether oxygens (including phenoxy) is 1. The van der Waals surface area contributed by atoms with Gasteiger partial charge in [0.25, 0.3) is 5.91 Å². The predicted molar refractivity (Wildman–Crippen MR) is 112 cm³/mol. The average molecular weight is 395 g/mol. The van der Waals surface area contributed by atoms with Crippen LogP contribution < -0.4 is 15.0 Å². The zero-order chi connectivity index (χ0) is 19.9. The van der Waals surface area contributed by atoms with Gasteiger partial charge < -0.3 is 15.0 Å². The molecule has 6 heteroatoms. The molecule has 28 heavy (non-hydrogen) atoms. The number of aromatic nitrogens is 1. The monoisotopic (exact) mass is 394 g/mol. The molecule has 0 saturated heterocycles. The summed E-state index contributed by atoms with van der Waals surface area (Å²) in [6.45, 7) is 0.521. The Kier molecular flexibility index (Phi) is 6.50. The van der Waals surface area contributed by atoms with E-state index in [0.717, 1.165) is 17.1 Å². The van der Waals surface area contributed by atoms with Crippen LogP contribution in [0.25, 0.3) is 0 Å². The van der Waals surface area contributed by atoms with Gasteiger partial charge in [0.05, 0.1) is 24.1 Å². The molecule has 0 atom stereocenters. The van der Waals surface area contributed by atoms with E-state index in [1.54, 1.807) is 24.3 Å². The number of hydrogen-bond donors (Lipinski definition) is 1. The highest BCUT2D eigenvalue weighted by atomic mass is 35.5. The van der Waals surface area contributed by atoms with Crippen molar-refractivity contribution in [1.29, 1.82) is 0 Å². The molecule has 3 aromatic rings. The minimum atomic E-state index is -0.194. The van der Waals surface area contributed by atoms with Gasteiger partial charge in [0.2, 0.25) is 0 Å². The molecule has 3 rings (SSSR count). The lowest BCUT2D eigenvalue weighted by Crippen LogP contribution is -2.18. The molecule has 1 radical (unpaired) electrons. The molecule has 0 unspecified atom stereocenters. The molecule has 2 aromatic carbocycles. The third-order valence-corrected chi connectivity index (χ3v) is 4.33. The van der Waals surface area contributed by atoms with Gasteiger partial charge >= 0.3 is 0 Å². The number of halogens is 1. The third-order valence-electron chi connectivity index (χ3n) is 4.09. The highest BCUT2D eigenvalue weighted by Gasteiger charge is 2.13. The van der Waals surface area contributed by atoms with E-state index in [-0.39, 0.29) is 5.91 Å². The Morgan fingerprint density at radius 2 is 1.96 bits per heavy atom. The zero-order valence-electron chi connectivity index (χ0n) is 15.8. The molecule has 0 bridgehead atoms. The van der Waals surface area contributed by atoms with Gasteiger partial charge in [0.1, 0.15) is 5.75 Å². The minimum absolute atomic E-state index is 0.194. The van der Waals surface area contributed by atoms with Crippen molar-refractivity contribution in [1.82, 2.24) is 4.98 Å². The Hall–Kier alpha value is -3.05. The summed E-state index contributed by atoms with van der Waals surface area (Å²) < 4.78 is 5.73. The van der Waals surface area contributed by atoms with Crippen molar-refractivity contribution < 1.29 is 9.53 Å². The Morgan fingerprint density at radius 3 is 2.64 bits per heavy atom. The fourth-order valence-electron chi connectivity index (χ4n) is 2.67. The van der Waals surface area contributed by atoms with Crippen LogP contribution in [0, 0.1) is 6.20 Å². The van der Waals surface area contributed by atoms with E-state index in [2.05, 4.69) is 16.5 Å². The molecule has 1 N–H and O–H groups in total. The lowest BCUT2D eigenvalue weighted by atomic mass is 10.1. The topological polar surface area (TPSA) is 54.5 Å². The Bertz CT molecular complexity index is 928. The maximum absolute atomic E-state index is 12.6. The Labute approximate surface area is 169 Å². The number of nitrogens with zero attached hydrogens (tertiary/aromatic N) is 2. The van der Waals surface area contributed by atoms with Gasteiger partial charge in [-0.15, -0.1) is 0 Å². The highest BCUT2D eigenvalue weighted by Crippen LogP contribution is 2.25. The number of rotatable bonds is 7. The number of hydrogen-bond acceptors (Lipinski definition) is 4. The van der Waals surface area contributed by atoms with Gasteiger partial charge in [-0.2, -0.15) is 0 Å². The molecule has 5 nitrogen and oxygen atoms in total. The molecule has 1 amide bonds. The van der Waals surface area contributed by atoms with E-state index in [1.165, 1.54) is 0 Å². The number of amides is 1. The standard InChI is InChI=1S/C22H21ClN3O2/c1-26(2)21-15-16(23)6-11-20(21)22(27)25-18-7-9-19(10-8-18)28-14-12-17-5-3-4-13-24-17/h3-11,15H,12,14H2,1-2H3,(H,25,27).